The highest BCUT2D eigenvalue weighted by molar-refractivity contribution is 6.31. The average molecular weight is 392 g/mol. The Hall–Kier alpha value is -3.67. The van der Waals surface area contributed by atoms with Crippen LogP contribution < -0.4 is 4.74 Å². The summed E-state index contributed by atoms with van der Waals surface area (Å²) in [5.74, 6) is -2.33. The number of aryl methyl sites for hydroxylation is 1. The Labute approximate surface area is 167 Å². The number of rotatable bonds is 4. The van der Waals surface area contributed by atoms with E-state index in [4.69, 9.17) is 4.74 Å². The van der Waals surface area contributed by atoms with Gasteiger partial charge in [0.05, 0.1) is 23.8 Å². The lowest BCUT2D eigenvalue weighted by molar-refractivity contribution is 0.0972. The molecule has 0 atom stereocenters. The highest BCUT2D eigenvalue weighted by Gasteiger charge is 2.36. The van der Waals surface area contributed by atoms with Gasteiger partial charge in [0, 0.05) is 17.2 Å². The molecule has 0 radical (unpaired) electrons. The van der Waals surface area contributed by atoms with Crippen LogP contribution in [0.3, 0.4) is 0 Å². The van der Waals surface area contributed by atoms with Crippen LogP contribution in [0.2, 0.25) is 0 Å². The van der Waals surface area contributed by atoms with E-state index in [1.807, 2.05) is 0 Å². The Morgan fingerprint density at radius 3 is 2.41 bits per heavy atom. The number of aliphatic hydroxyl groups excluding tert-OH is 1. The summed E-state index contributed by atoms with van der Waals surface area (Å²) >= 11 is 0. The summed E-state index contributed by atoms with van der Waals surface area (Å²) < 4.78 is 5.21. The van der Waals surface area contributed by atoms with Crippen molar-refractivity contribution in [2.45, 2.75) is 20.8 Å². The van der Waals surface area contributed by atoms with Crippen molar-refractivity contribution in [1.29, 1.82) is 0 Å². The second-order valence-electron chi connectivity index (χ2n) is 6.75. The number of ether oxygens (including phenoxy) is 1. The van der Waals surface area contributed by atoms with Crippen molar-refractivity contribution in [2.75, 3.05) is 7.11 Å². The summed E-state index contributed by atoms with van der Waals surface area (Å²) in [6.45, 7) is 4.89. The van der Waals surface area contributed by atoms with Crippen LogP contribution in [0.5, 0.6) is 11.5 Å². The second kappa shape index (κ2) is 7.39. The van der Waals surface area contributed by atoms with Crippen LogP contribution >= 0.6 is 0 Å². The number of ketones is 3. The summed E-state index contributed by atoms with van der Waals surface area (Å²) in [6.07, 6.45) is 2.61. The molecule has 2 N–H and O–H groups in total. The molecule has 6 heteroatoms. The Balaban J connectivity index is 2.24. The molecular formula is C23H20O6. The van der Waals surface area contributed by atoms with Crippen LogP contribution in [0, 0.1) is 6.92 Å². The first kappa shape index (κ1) is 20.1. The third-order valence-corrected chi connectivity index (χ3v) is 5.04. The molecule has 1 aliphatic carbocycles. The van der Waals surface area contributed by atoms with Gasteiger partial charge < -0.3 is 14.9 Å². The smallest absolute Gasteiger partial charge is 0.202 e. The van der Waals surface area contributed by atoms with Crippen LogP contribution in [0.25, 0.3) is 0 Å². The monoisotopic (exact) mass is 392 g/mol. The molecule has 2 aromatic carbocycles. The quantitative estimate of drug-likeness (QED) is 0.300. The van der Waals surface area contributed by atoms with E-state index >= 15 is 0 Å². The number of hydrogen-bond acceptors (Lipinski definition) is 6. The maximum Gasteiger partial charge on any atom is 0.202 e. The molecule has 29 heavy (non-hydrogen) atoms. The molecule has 0 amide bonds. The van der Waals surface area contributed by atoms with E-state index in [1.54, 1.807) is 39.0 Å². The minimum absolute atomic E-state index is 0.0279. The molecule has 2 aromatic rings. The Bertz CT molecular complexity index is 1130. The lowest BCUT2D eigenvalue weighted by Crippen LogP contribution is -2.23. The van der Waals surface area contributed by atoms with Gasteiger partial charge in [-0.3, -0.25) is 14.4 Å². The van der Waals surface area contributed by atoms with Gasteiger partial charge in [-0.2, -0.15) is 0 Å². The first-order valence-electron chi connectivity index (χ1n) is 8.94. The predicted molar refractivity (Wildman–Crippen MR) is 107 cm³/mol. The summed E-state index contributed by atoms with van der Waals surface area (Å²) in [6, 6.07) is 6.09. The number of aliphatic hydroxyl groups is 1. The van der Waals surface area contributed by atoms with Gasteiger partial charge in [0.25, 0.3) is 0 Å². The Morgan fingerprint density at radius 1 is 1.10 bits per heavy atom. The van der Waals surface area contributed by atoms with Gasteiger partial charge in [-0.25, -0.2) is 0 Å². The number of benzene rings is 2. The van der Waals surface area contributed by atoms with Crippen molar-refractivity contribution in [2.24, 2.45) is 0 Å². The zero-order chi connectivity index (χ0) is 21.5. The highest BCUT2D eigenvalue weighted by atomic mass is 16.5. The van der Waals surface area contributed by atoms with E-state index in [0.29, 0.717) is 11.1 Å². The maximum absolute atomic E-state index is 13.1. The van der Waals surface area contributed by atoms with E-state index in [9.17, 15) is 24.6 Å². The first-order valence-corrected chi connectivity index (χ1v) is 8.94. The molecule has 1 aliphatic rings. The standard InChI is InChI=1S/C23H20O6/c1-5-11(2)15(24)10-16(25)18-12(3)9-14-20(22(18)27)23(28)19-13(21(14)26)7-6-8-17(19)29-4/h5-10,24,27H,1-4H3/b11-5+,15-10-. The van der Waals surface area contributed by atoms with E-state index < -0.39 is 23.1 Å². The van der Waals surface area contributed by atoms with Gasteiger partial charge in [-0.1, -0.05) is 18.2 Å². The fourth-order valence-electron chi connectivity index (χ4n) is 3.37. The Kier molecular flexibility index (Phi) is 5.12. The summed E-state index contributed by atoms with van der Waals surface area (Å²) in [5, 5.41) is 20.8. The van der Waals surface area contributed by atoms with Crippen molar-refractivity contribution >= 4 is 17.3 Å². The van der Waals surface area contributed by atoms with Crippen LogP contribution in [-0.2, 0) is 0 Å². The molecule has 0 saturated carbocycles. The lowest BCUT2D eigenvalue weighted by atomic mass is 9.80. The second-order valence-corrected chi connectivity index (χ2v) is 6.75. The van der Waals surface area contributed by atoms with Crippen LogP contribution in [-0.4, -0.2) is 34.7 Å². The zero-order valence-electron chi connectivity index (χ0n) is 16.5. The summed E-state index contributed by atoms with van der Waals surface area (Å²) in [7, 11) is 1.38. The number of hydrogen-bond donors (Lipinski definition) is 2. The minimum atomic E-state index is -0.674. The normalized spacial score (nSPS) is 13.8. The minimum Gasteiger partial charge on any atom is -0.508 e. The number of fused-ring (bicyclic) bond motifs is 2. The number of carbonyl (C=O) groups is 3. The van der Waals surface area contributed by atoms with Gasteiger partial charge >= 0.3 is 0 Å². The average Bonchev–Trinajstić information content (AvgIpc) is 2.70. The van der Waals surface area contributed by atoms with Crippen molar-refractivity contribution in [1.82, 2.24) is 0 Å². The number of methoxy groups -OCH3 is 1. The molecule has 0 heterocycles. The molecule has 0 unspecified atom stereocenters. The van der Waals surface area contributed by atoms with Gasteiger partial charge in [0.2, 0.25) is 5.78 Å². The van der Waals surface area contributed by atoms with Crippen LogP contribution in [0.4, 0.5) is 0 Å². The maximum atomic E-state index is 13.1. The van der Waals surface area contributed by atoms with Gasteiger partial charge in [0.15, 0.2) is 11.6 Å². The van der Waals surface area contributed by atoms with Gasteiger partial charge in [0.1, 0.15) is 17.3 Å². The molecule has 0 saturated heterocycles. The Morgan fingerprint density at radius 2 is 1.79 bits per heavy atom. The number of carbonyl (C=O) groups excluding carboxylic acids is 3. The number of phenols is 1. The highest BCUT2D eigenvalue weighted by Crippen LogP contribution is 2.39. The van der Waals surface area contributed by atoms with E-state index in [1.165, 1.54) is 19.2 Å². The van der Waals surface area contributed by atoms with E-state index in [2.05, 4.69) is 0 Å². The molecule has 0 aliphatic heterocycles. The largest absolute Gasteiger partial charge is 0.508 e. The molecule has 0 spiro atoms. The first-order chi connectivity index (χ1) is 13.7. The van der Waals surface area contributed by atoms with Crippen LogP contribution in [0.1, 0.15) is 61.6 Å². The topological polar surface area (TPSA) is 101 Å². The molecule has 0 fully saturated rings. The van der Waals surface area contributed by atoms with Gasteiger partial charge in [-0.15, -0.1) is 0 Å². The molecule has 148 valence electrons. The summed E-state index contributed by atoms with van der Waals surface area (Å²) in [5.41, 5.74) is 0.684. The third-order valence-electron chi connectivity index (χ3n) is 5.04. The summed E-state index contributed by atoms with van der Waals surface area (Å²) in [4.78, 5) is 38.8. The molecule has 0 bridgehead atoms. The number of allylic oxidation sites excluding steroid dienone is 3. The van der Waals surface area contributed by atoms with Crippen molar-refractivity contribution in [3.05, 3.63) is 81.1 Å². The van der Waals surface area contributed by atoms with Crippen molar-refractivity contribution in [3.63, 3.8) is 0 Å². The molecule has 3 rings (SSSR count). The lowest BCUT2D eigenvalue weighted by Gasteiger charge is -2.22. The SMILES string of the molecule is C/C=C(C)/C(O)=C/C(=O)c1c(C)cc2c(c1O)C(=O)c1c(OC)cccc1C2=O. The number of aromatic hydroxyl groups is 1. The third kappa shape index (κ3) is 3.12. The van der Waals surface area contributed by atoms with Crippen molar-refractivity contribution in [3.8, 4) is 11.5 Å². The fraction of sp³-hybridized carbons (Fsp3) is 0.174. The zero-order valence-corrected chi connectivity index (χ0v) is 16.5. The molecule has 0 aromatic heterocycles. The molecular weight excluding hydrogens is 372 g/mol. The van der Waals surface area contributed by atoms with Crippen molar-refractivity contribution < 1.29 is 29.3 Å². The van der Waals surface area contributed by atoms with E-state index in [0.717, 1.165) is 6.08 Å². The van der Waals surface area contributed by atoms with Gasteiger partial charge in [-0.05, 0) is 44.0 Å². The van der Waals surface area contributed by atoms with Crippen LogP contribution in [0.15, 0.2) is 47.7 Å². The van der Waals surface area contributed by atoms with E-state index in [-0.39, 0.29) is 39.3 Å². The molecule has 6 nitrogen and oxygen atoms in total. The predicted octanol–water partition coefficient (Wildman–Crippen LogP) is 4.08. The fourth-order valence-corrected chi connectivity index (χ4v) is 3.37. The number of phenolic OH excluding ortho intramolecular Hbond substituents is 1.